The van der Waals surface area contributed by atoms with Crippen molar-refractivity contribution in [1.29, 1.82) is 0 Å². The Hall–Kier alpha value is -1.56. The summed E-state index contributed by atoms with van der Waals surface area (Å²) in [6, 6.07) is 4.91. The molecule has 0 fully saturated rings. The van der Waals surface area contributed by atoms with Crippen LogP contribution >= 0.6 is 11.8 Å². The fourth-order valence-electron chi connectivity index (χ4n) is 1.69. The molecule has 0 bridgehead atoms. The molecule has 1 atom stereocenters. The number of thioether (sulfide) groups is 1. The predicted octanol–water partition coefficient (Wildman–Crippen LogP) is 2.27. The molecule has 0 amide bonds. The van der Waals surface area contributed by atoms with Gasteiger partial charge in [-0.15, -0.1) is 5.10 Å². The second kappa shape index (κ2) is 5.39. The Balaban J connectivity index is 2.23. The Morgan fingerprint density at radius 2 is 2.33 bits per heavy atom. The van der Waals surface area contributed by atoms with Crippen LogP contribution in [0.2, 0.25) is 0 Å². The van der Waals surface area contributed by atoms with Gasteiger partial charge in [-0.2, -0.15) is 11.8 Å². The van der Waals surface area contributed by atoms with Crippen LogP contribution in [0, 0.1) is 0 Å². The Kier molecular flexibility index (Phi) is 3.86. The summed E-state index contributed by atoms with van der Waals surface area (Å²) < 4.78 is 1.83. The summed E-state index contributed by atoms with van der Waals surface area (Å²) >= 11 is 1.82. The number of fused-ring (bicyclic) bond motifs is 1. The molecule has 96 valence electrons. The van der Waals surface area contributed by atoms with Crippen molar-refractivity contribution in [3.8, 4) is 0 Å². The highest BCUT2D eigenvalue weighted by atomic mass is 32.2. The van der Waals surface area contributed by atoms with E-state index in [2.05, 4.69) is 23.5 Å². The molecular weight excluding hydrogens is 250 g/mol. The van der Waals surface area contributed by atoms with Gasteiger partial charge in [0.05, 0.1) is 11.1 Å². The van der Waals surface area contributed by atoms with Gasteiger partial charge in [-0.25, -0.2) is 9.48 Å². The van der Waals surface area contributed by atoms with Crippen LogP contribution in [0.3, 0.4) is 0 Å². The minimum atomic E-state index is -0.942. The van der Waals surface area contributed by atoms with E-state index in [4.69, 9.17) is 5.11 Å². The van der Waals surface area contributed by atoms with Gasteiger partial charge >= 0.3 is 5.97 Å². The number of hydrogen-bond acceptors (Lipinski definition) is 4. The van der Waals surface area contributed by atoms with E-state index in [1.165, 1.54) is 0 Å². The number of aromatic nitrogens is 3. The maximum absolute atomic E-state index is 10.8. The van der Waals surface area contributed by atoms with Gasteiger partial charge in [-0.05, 0) is 30.9 Å². The lowest BCUT2D eigenvalue weighted by Gasteiger charge is -2.07. The van der Waals surface area contributed by atoms with Crippen molar-refractivity contribution in [1.82, 2.24) is 15.0 Å². The van der Waals surface area contributed by atoms with E-state index in [1.54, 1.807) is 18.2 Å². The normalized spacial score (nSPS) is 12.8. The van der Waals surface area contributed by atoms with Crippen molar-refractivity contribution in [3.05, 3.63) is 23.8 Å². The molecule has 0 radical (unpaired) electrons. The largest absolute Gasteiger partial charge is 0.478 e. The first-order valence-electron chi connectivity index (χ1n) is 5.71. The Bertz CT molecular complexity index is 567. The topological polar surface area (TPSA) is 68.0 Å². The van der Waals surface area contributed by atoms with Gasteiger partial charge in [0.2, 0.25) is 0 Å². The van der Waals surface area contributed by atoms with Gasteiger partial charge in [0.1, 0.15) is 5.52 Å². The van der Waals surface area contributed by atoms with Gasteiger partial charge in [0.15, 0.2) is 0 Å². The van der Waals surface area contributed by atoms with Crippen molar-refractivity contribution < 1.29 is 9.90 Å². The van der Waals surface area contributed by atoms with E-state index in [9.17, 15) is 4.79 Å². The molecule has 1 aromatic carbocycles. The molecule has 0 spiro atoms. The zero-order chi connectivity index (χ0) is 13.1. The first-order chi connectivity index (χ1) is 8.61. The van der Waals surface area contributed by atoms with Crippen LogP contribution in [0.4, 0.5) is 0 Å². The highest BCUT2D eigenvalue weighted by molar-refractivity contribution is 7.99. The van der Waals surface area contributed by atoms with Gasteiger partial charge in [0.25, 0.3) is 0 Å². The fraction of sp³-hybridized carbons (Fsp3) is 0.417. The Morgan fingerprint density at radius 1 is 1.56 bits per heavy atom. The predicted molar refractivity (Wildman–Crippen MR) is 72.1 cm³/mol. The standard InChI is InChI=1S/C12H15N3O2S/c1-8(18-2)5-6-15-11-4-3-9(12(16)17)7-10(11)13-14-15/h3-4,7-8H,5-6H2,1-2H3,(H,16,17). The summed E-state index contributed by atoms with van der Waals surface area (Å²) in [5, 5.41) is 17.5. The second-order valence-electron chi connectivity index (χ2n) is 4.16. The number of carbonyl (C=O) groups is 1. The Morgan fingerprint density at radius 3 is 3.00 bits per heavy atom. The average Bonchev–Trinajstić information content (AvgIpc) is 2.78. The molecule has 0 saturated heterocycles. The van der Waals surface area contributed by atoms with Crippen molar-refractivity contribution in [3.63, 3.8) is 0 Å². The number of aryl methyl sites for hydroxylation is 1. The summed E-state index contributed by atoms with van der Waals surface area (Å²) in [6.45, 7) is 2.97. The van der Waals surface area contributed by atoms with E-state index in [0.717, 1.165) is 18.5 Å². The lowest BCUT2D eigenvalue weighted by molar-refractivity contribution is 0.0697. The van der Waals surface area contributed by atoms with E-state index in [-0.39, 0.29) is 5.56 Å². The van der Waals surface area contributed by atoms with Crippen LogP contribution in [0.15, 0.2) is 18.2 Å². The minimum absolute atomic E-state index is 0.243. The maximum Gasteiger partial charge on any atom is 0.335 e. The average molecular weight is 265 g/mol. The molecule has 18 heavy (non-hydrogen) atoms. The van der Waals surface area contributed by atoms with Crippen LogP contribution in [0.1, 0.15) is 23.7 Å². The highest BCUT2D eigenvalue weighted by Crippen LogP contribution is 2.16. The smallest absolute Gasteiger partial charge is 0.335 e. The molecule has 0 aliphatic rings. The van der Waals surface area contributed by atoms with Crippen LogP contribution in [-0.4, -0.2) is 37.6 Å². The number of carboxylic acids is 1. The lowest BCUT2D eigenvalue weighted by atomic mass is 10.2. The minimum Gasteiger partial charge on any atom is -0.478 e. The molecule has 1 N–H and O–H groups in total. The summed E-state index contributed by atoms with van der Waals surface area (Å²) in [5.74, 6) is -0.942. The SMILES string of the molecule is CSC(C)CCn1nnc2cc(C(=O)O)ccc21. The van der Waals surface area contributed by atoms with Crippen LogP contribution in [0.5, 0.6) is 0 Å². The number of carboxylic acid groups (broad SMARTS) is 1. The molecule has 0 saturated carbocycles. The molecule has 1 heterocycles. The molecule has 2 rings (SSSR count). The first-order valence-corrected chi connectivity index (χ1v) is 7.00. The third-order valence-electron chi connectivity index (χ3n) is 2.91. The van der Waals surface area contributed by atoms with E-state index >= 15 is 0 Å². The maximum atomic E-state index is 10.8. The van der Waals surface area contributed by atoms with Gasteiger partial charge in [-0.1, -0.05) is 12.1 Å². The van der Waals surface area contributed by atoms with Crippen LogP contribution in [0.25, 0.3) is 11.0 Å². The highest BCUT2D eigenvalue weighted by Gasteiger charge is 2.09. The van der Waals surface area contributed by atoms with Crippen molar-refractivity contribution in [2.75, 3.05) is 6.26 Å². The fourth-order valence-corrected chi connectivity index (χ4v) is 2.03. The summed E-state index contributed by atoms with van der Waals surface area (Å²) in [6.07, 6.45) is 3.10. The zero-order valence-corrected chi connectivity index (χ0v) is 11.1. The van der Waals surface area contributed by atoms with Crippen molar-refractivity contribution in [2.45, 2.75) is 25.1 Å². The number of benzene rings is 1. The van der Waals surface area contributed by atoms with E-state index in [0.29, 0.717) is 10.8 Å². The summed E-state index contributed by atoms with van der Waals surface area (Å²) in [4.78, 5) is 10.8. The lowest BCUT2D eigenvalue weighted by Crippen LogP contribution is -2.06. The van der Waals surface area contributed by atoms with Gasteiger partial charge in [-0.3, -0.25) is 0 Å². The van der Waals surface area contributed by atoms with Crippen LogP contribution in [-0.2, 0) is 6.54 Å². The molecule has 2 aromatic rings. The van der Waals surface area contributed by atoms with Gasteiger partial charge < -0.3 is 5.11 Å². The molecule has 1 aromatic heterocycles. The van der Waals surface area contributed by atoms with Crippen molar-refractivity contribution >= 4 is 28.8 Å². The monoisotopic (exact) mass is 265 g/mol. The molecule has 0 aliphatic carbocycles. The Labute approximate surface area is 109 Å². The van der Waals surface area contributed by atoms with Gasteiger partial charge in [0, 0.05) is 11.8 Å². The third kappa shape index (κ3) is 2.64. The molecule has 0 aliphatic heterocycles. The van der Waals surface area contributed by atoms with E-state index in [1.807, 2.05) is 16.4 Å². The van der Waals surface area contributed by atoms with E-state index < -0.39 is 5.97 Å². The number of hydrogen-bond donors (Lipinski definition) is 1. The van der Waals surface area contributed by atoms with Crippen LogP contribution < -0.4 is 0 Å². The molecule has 5 nitrogen and oxygen atoms in total. The quantitative estimate of drug-likeness (QED) is 0.898. The molecule has 1 unspecified atom stereocenters. The molecular formula is C12H15N3O2S. The summed E-state index contributed by atoms with van der Waals surface area (Å²) in [7, 11) is 0. The van der Waals surface area contributed by atoms with Crippen molar-refractivity contribution in [2.24, 2.45) is 0 Å². The number of rotatable bonds is 5. The summed E-state index contributed by atoms with van der Waals surface area (Å²) in [5.41, 5.74) is 1.76. The second-order valence-corrected chi connectivity index (χ2v) is 5.43. The molecule has 6 heteroatoms. The number of aromatic carboxylic acids is 1. The third-order valence-corrected chi connectivity index (χ3v) is 3.95. The first kappa shape index (κ1) is 12.9. The zero-order valence-electron chi connectivity index (χ0n) is 10.3. The number of nitrogens with zero attached hydrogens (tertiary/aromatic N) is 3.